The van der Waals surface area contributed by atoms with Crippen molar-refractivity contribution in [1.29, 1.82) is 0 Å². The second-order valence-corrected chi connectivity index (χ2v) is 13.9. The third-order valence-corrected chi connectivity index (χ3v) is 11.7. The maximum atomic E-state index is 5.99. The van der Waals surface area contributed by atoms with Crippen LogP contribution in [0.15, 0.2) is 127 Å². The molecule has 2 aliphatic rings. The van der Waals surface area contributed by atoms with Crippen molar-refractivity contribution in [3.63, 3.8) is 0 Å². The predicted molar refractivity (Wildman–Crippen MR) is 213 cm³/mol. The summed E-state index contributed by atoms with van der Waals surface area (Å²) >= 11 is 0. The Kier molecular flexibility index (Phi) is 6.05. The summed E-state index contributed by atoms with van der Waals surface area (Å²) in [5, 5.41) is 4.86. The van der Waals surface area contributed by atoms with Gasteiger partial charge in [0.1, 0.15) is 0 Å². The van der Waals surface area contributed by atoms with Crippen LogP contribution in [0, 0.1) is 0 Å². The maximum Gasteiger partial charge on any atom is 0.161 e. The van der Waals surface area contributed by atoms with E-state index in [0.29, 0.717) is 23.0 Å². The SMILES string of the molecule is COc1cc2c(cc1OC)C1(c3cc(OC)c(OC)cc3-2)c2ccccc2-c2c(-n3c4ccccc4c4ccc5c6ccccc6[nH]c5c43)cccc21. The van der Waals surface area contributed by atoms with Gasteiger partial charge >= 0.3 is 0 Å². The zero-order valence-electron chi connectivity index (χ0n) is 29.7. The molecule has 0 bridgehead atoms. The van der Waals surface area contributed by atoms with Crippen molar-refractivity contribution in [2.45, 2.75) is 5.41 Å². The number of aromatic amines is 1. The number of hydrogen-bond acceptors (Lipinski definition) is 4. The van der Waals surface area contributed by atoms with E-state index in [1.54, 1.807) is 28.4 Å². The summed E-state index contributed by atoms with van der Waals surface area (Å²) in [6, 6.07) is 46.1. The smallest absolute Gasteiger partial charge is 0.161 e. The molecule has 6 heteroatoms. The first-order chi connectivity index (χ1) is 26.1. The zero-order valence-corrected chi connectivity index (χ0v) is 29.7. The van der Waals surface area contributed by atoms with Crippen molar-refractivity contribution < 1.29 is 18.9 Å². The lowest BCUT2D eigenvalue weighted by Crippen LogP contribution is -2.26. The van der Waals surface area contributed by atoms with Crippen LogP contribution in [0.4, 0.5) is 0 Å². The van der Waals surface area contributed by atoms with Gasteiger partial charge in [0.15, 0.2) is 23.0 Å². The standard InChI is InChI=1S/C47H34N2O4/c1-50-40-22-31-32-23-41(51-2)43(53-4)25-36(32)47(35(31)24-42(40)52-3)33-15-8-5-14-30(33)44-34(47)16-11-19-39(44)49-38-18-10-7-13-27(38)29-21-20-28-26-12-6-9-17-37(26)48-45(28)46(29)49/h5-25,48H,1-4H3. The molecule has 1 spiro atoms. The summed E-state index contributed by atoms with van der Waals surface area (Å²) in [5.74, 6) is 2.72. The maximum absolute atomic E-state index is 5.99. The molecule has 2 heterocycles. The summed E-state index contributed by atoms with van der Waals surface area (Å²) in [6.07, 6.45) is 0. The van der Waals surface area contributed by atoms with E-state index in [0.717, 1.165) is 50.0 Å². The largest absolute Gasteiger partial charge is 0.493 e. The van der Waals surface area contributed by atoms with Gasteiger partial charge in [0.05, 0.1) is 56.1 Å². The Labute approximate surface area is 305 Å². The lowest BCUT2D eigenvalue weighted by Gasteiger charge is -2.31. The van der Waals surface area contributed by atoms with Gasteiger partial charge in [-0.1, -0.05) is 84.9 Å². The Hall–Kier alpha value is -6.66. The highest BCUT2D eigenvalue weighted by Crippen LogP contribution is 2.66. The number of methoxy groups -OCH3 is 4. The van der Waals surface area contributed by atoms with E-state index in [9.17, 15) is 0 Å². The van der Waals surface area contributed by atoms with Crippen molar-refractivity contribution in [2.24, 2.45) is 0 Å². The third-order valence-electron chi connectivity index (χ3n) is 11.7. The normalized spacial score (nSPS) is 13.4. The molecule has 256 valence electrons. The van der Waals surface area contributed by atoms with E-state index < -0.39 is 5.41 Å². The van der Waals surface area contributed by atoms with Gasteiger partial charge in [0.25, 0.3) is 0 Å². The van der Waals surface area contributed by atoms with Crippen molar-refractivity contribution in [1.82, 2.24) is 9.55 Å². The molecule has 0 fully saturated rings. The second-order valence-electron chi connectivity index (χ2n) is 13.9. The molecule has 7 aromatic carbocycles. The van der Waals surface area contributed by atoms with Crippen LogP contribution in [-0.2, 0) is 5.41 Å². The van der Waals surface area contributed by atoms with Crippen molar-refractivity contribution in [3.05, 3.63) is 150 Å². The number of nitrogens with zero attached hydrogens (tertiary/aromatic N) is 1. The quantitative estimate of drug-likeness (QED) is 0.195. The van der Waals surface area contributed by atoms with E-state index in [4.69, 9.17) is 18.9 Å². The highest BCUT2D eigenvalue weighted by Gasteiger charge is 2.53. The molecule has 53 heavy (non-hydrogen) atoms. The van der Waals surface area contributed by atoms with E-state index in [-0.39, 0.29) is 0 Å². The first-order valence-corrected chi connectivity index (χ1v) is 17.8. The number of para-hydroxylation sites is 2. The molecule has 0 saturated heterocycles. The number of benzene rings is 7. The first-order valence-electron chi connectivity index (χ1n) is 17.8. The molecular weight excluding hydrogens is 657 g/mol. The van der Waals surface area contributed by atoms with Gasteiger partial charge in [-0.25, -0.2) is 0 Å². The molecule has 0 radical (unpaired) electrons. The summed E-state index contributed by atoms with van der Waals surface area (Å²) in [4.78, 5) is 3.83. The number of fused-ring (bicyclic) bond motifs is 17. The molecule has 6 nitrogen and oxygen atoms in total. The molecule has 1 N–H and O–H groups in total. The van der Waals surface area contributed by atoms with Gasteiger partial charge in [-0.3, -0.25) is 0 Å². The molecule has 0 unspecified atom stereocenters. The molecule has 0 aliphatic heterocycles. The lowest BCUT2D eigenvalue weighted by molar-refractivity contribution is 0.354. The minimum absolute atomic E-state index is 0.678. The van der Waals surface area contributed by atoms with Gasteiger partial charge in [-0.15, -0.1) is 0 Å². The molecule has 9 aromatic rings. The lowest BCUT2D eigenvalue weighted by atomic mass is 9.70. The van der Waals surface area contributed by atoms with Crippen molar-refractivity contribution >= 4 is 43.6 Å². The molecule has 2 aromatic heterocycles. The number of ether oxygens (including phenoxy) is 4. The van der Waals surface area contributed by atoms with Crippen LogP contribution in [0.5, 0.6) is 23.0 Å². The molecule has 11 rings (SSSR count). The highest BCUT2D eigenvalue weighted by atomic mass is 16.5. The molecule has 2 aliphatic carbocycles. The molecule has 0 saturated carbocycles. The average Bonchev–Trinajstić information content (AvgIpc) is 3.93. The Balaban J connectivity index is 1.32. The van der Waals surface area contributed by atoms with Crippen LogP contribution in [0.3, 0.4) is 0 Å². The topological polar surface area (TPSA) is 57.6 Å². The first kappa shape index (κ1) is 30.0. The van der Waals surface area contributed by atoms with Gasteiger partial charge in [0.2, 0.25) is 0 Å². The summed E-state index contributed by atoms with van der Waals surface area (Å²) in [6.45, 7) is 0. The summed E-state index contributed by atoms with van der Waals surface area (Å²) < 4.78 is 26.2. The fourth-order valence-electron chi connectivity index (χ4n) is 9.67. The Morgan fingerprint density at radius 1 is 0.472 bits per heavy atom. The van der Waals surface area contributed by atoms with Crippen molar-refractivity contribution in [3.8, 4) is 50.9 Å². The monoisotopic (exact) mass is 690 g/mol. The summed E-state index contributed by atoms with van der Waals surface area (Å²) in [7, 11) is 6.78. The number of rotatable bonds is 5. The number of aromatic nitrogens is 2. The fourth-order valence-corrected chi connectivity index (χ4v) is 9.67. The molecule has 0 amide bonds. The van der Waals surface area contributed by atoms with Gasteiger partial charge in [-0.05, 0) is 81.4 Å². The minimum atomic E-state index is -0.680. The van der Waals surface area contributed by atoms with E-state index in [2.05, 4.69) is 137 Å². The molecular formula is C47H34N2O4. The highest BCUT2D eigenvalue weighted by molar-refractivity contribution is 6.23. The predicted octanol–water partition coefficient (Wildman–Crippen LogP) is 10.8. The van der Waals surface area contributed by atoms with E-state index in [1.165, 1.54) is 43.8 Å². The fraction of sp³-hybridized carbons (Fsp3) is 0.106. The number of H-pyrrole nitrogens is 1. The average molecular weight is 691 g/mol. The van der Waals surface area contributed by atoms with Gasteiger partial charge < -0.3 is 28.5 Å². The van der Waals surface area contributed by atoms with Crippen LogP contribution in [-0.4, -0.2) is 38.0 Å². The van der Waals surface area contributed by atoms with Crippen LogP contribution < -0.4 is 18.9 Å². The van der Waals surface area contributed by atoms with Crippen LogP contribution >= 0.6 is 0 Å². The minimum Gasteiger partial charge on any atom is -0.493 e. The van der Waals surface area contributed by atoms with Crippen LogP contribution in [0.25, 0.3) is 71.6 Å². The Bertz CT molecular complexity index is 2960. The van der Waals surface area contributed by atoms with Gasteiger partial charge in [0, 0.05) is 32.6 Å². The van der Waals surface area contributed by atoms with Crippen molar-refractivity contribution in [2.75, 3.05) is 28.4 Å². The number of nitrogens with one attached hydrogen (secondary N) is 1. The Morgan fingerprint density at radius 3 is 1.77 bits per heavy atom. The van der Waals surface area contributed by atoms with Crippen LogP contribution in [0.2, 0.25) is 0 Å². The molecule has 0 atom stereocenters. The van der Waals surface area contributed by atoms with Crippen LogP contribution in [0.1, 0.15) is 22.3 Å². The summed E-state index contributed by atoms with van der Waals surface area (Å²) in [5.41, 5.74) is 14.2. The van der Waals surface area contributed by atoms with E-state index >= 15 is 0 Å². The zero-order chi connectivity index (χ0) is 35.6. The third kappa shape index (κ3) is 3.62. The van der Waals surface area contributed by atoms with E-state index in [1.807, 2.05) is 0 Å². The van der Waals surface area contributed by atoms with Gasteiger partial charge in [-0.2, -0.15) is 0 Å². The number of hydrogen-bond donors (Lipinski definition) is 1. The second kappa shape index (κ2) is 10.7. The Morgan fingerprint density at radius 2 is 1.06 bits per heavy atom.